The van der Waals surface area contributed by atoms with E-state index in [2.05, 4.69) is 25.4 Å². The second kappa shape index (κ2) is 10.1. The van der Waals surface area contributed by atoms with E-state index in [0.717, 1.165) is 48.1 Å². The lowest BCUT2D eigenvalue weighted by Crippen LogP contribution is -2.30. The topological polar surface area (TPSA) is 127 Å². The first-order valence-electron chi connectivity index (χ1n) is 13.5. The zero-order chi connectivity index (χ0) is 28.0. The van der Waals surface area contributed by atoms with Gasteiger partial charge < -0.3 is 9.55 Å². The first-order valence-corrected chi connectivity index (χ1v) is 14.9. The maximum atomic E-state index is 13.4. The number of para-hydroxylation sites is 2. The van der Waals surface area contributed by atoms with Crippen molar-refractivity contribution in [3.05, 3.63) is 102 Å². The van der Waals surface area contributed by atoms with Crippen LogP contribution in [0.5, 0.6) is 0 Å². The van der Waals surface area contributed by atoms with Crippen molar-refractivity contribution in [2.45, 2.75) is 23.8 Å². The summed E-state index contributed by atoms with van der Waals surface area (Å²) in [6, 6.07) is 21.8. The second-order valence-electron chi connectivity index (χ2n) is 10.0. The summed E-state index contributed by atoms with van der Waals surface area (Å²) in [5.74, 6) is 0.607. The highest BCUT2D eigenvalue weighted by atomic mass is 32.2. The maximum absolute atomic E-state index is 13.4. The Balaban J connectivity index is 1.38. The van der Waals surface area contributed by atoms with Crippen LogP contribution in [0, 0.1) is 0 Å². The predicted molar refractivity (Wildman–Crippen MR) is 158 cm³/mol. The number of aromatic amines is 1. The van der Waals surface area contributed by atoms with Gasteiger partial charge in [0.2, 0.25) is 0 Å². The summed E-state index contributed by atoms with van der Waals surface area (Å²) < 4.78 is 30.2. The lowest BCUT2D eigenvalue weighted by Gasteiger charge is -2.19. The lowest BCUT2D eigenvalue weighted by atomic mass is 10.0. The number of nitrogens with one attached hydrogen (secondary N) is 3. The zero-order valence-electron chi connectivity index (χ0n) is 22.0. The molecule has 206 valence electrons. The van der Waals surface area contributed by atoms with Gasteiger partial charge in [0.15, 0.2) is 5.65 Å². The number of pyridine rings is 2. The van der Waals surface area contributed by atoms with Gasteiger partial charge in [-0.3, -0.25) is 15.6 Å². The number of benzene rings is 2. The van der Waals surface area contributed by atoms with Gasteiger partial charge in [-0.2, -0.15) is 0 Å². The average Bonchev–Trinajstić information content (AvgIpc) is 3.51. The molecule has 7 rings (SSSR count). The van der Waals surface area contributed by atoms with E-state index in [1.165, 1.54) is 10.2 Å². The molecule has 1 saturated heterocycles. The molecule has 10 nitrogen and oxygen atoms in total. The van der Waals surface area contributed by atoms with Crippen LogP contribution in [-0.2, 0) is 10.0 Å². The summed E-state index contributed by atoms with van der Waals surface area (Å²) in [5, 5.41) is 0.652. The Kier molecular flexibility index (Phi) is 6.26. The quantitative estimate of drug-likeness (QED) is 0.288. The summed E-state index contributed by atoms with van der Waals surface area (Å²) in [7, 11) is -3.84. The molecule has 0 unspecified atom stereocenters. The number of rotatable bonds is 5. The highest BCUT2D eigenvalue weighted by molar-refractivity contribution is 7.90. The Hall–Kier alpha value is -4.58. The van der Waals surface area contributed by atoms with E-state index < -0.39 is 10.0 Å². The summed E-state index contributed by atoms with van der Waals surface area (Å²) in [6.45, 7) is 1.59. The van der Waals surface area contributed by atoms with Gasteiger partial charge in [0, 0.05) is 43.1 Å². The summed E-state index contributed by atoms with van der Waals surface area (Å²) >= 11 is 0. The van der Waals surface area contributed by atoms with Crippen LogP contribution >= 0.6 is 0 Å². The fourth-order valence-corrected chi connectivity index (χ4v) is 6.96. The molecule has 5 heterocycles. The van der Waals surface area contributed by atoms with Crippen LogP contribution in [0.1, 0.15) is 18.9 Å². The van der Waals surface area contributed by atoms with Crippen LogP contribution in [0.2, 0.25) is 0 Å². The van der Waals surface area contributed by atoms with Crippen LogP contribution in [0.15, 0.2) is 101 Å². The number of fused-ring (bicyclic) bond motifs is 2. The molecule has 0 amide bonds. The number of hydrogen-bond acceptors (Lipinski definition) is 7. The van der Waals surface area contributed by atoms with Crippen LogP contribution in [0.25, 0.3) is 44.6 Å². The zero-order valence-corrected chi connectivity index (χ0v) is 22.8. The molecule has 0 spiro atoms. The Morgan fingerprint density at radius 2 is 1.63 bits per heavy atom. The van der Waals surface area contributed by atoms with E-state index in [9.17, 15) is 13.2 Å². The molecular formula is C30H27N7O3S. The molecule has 0 saturated carbocycles. The fraction of sp³-hybridized carbons (Fsp3) is 0.167. The maximum Gasteiger partial charge on any atom is 0.269 e. The normalized spacial score (nSPS) is 14.9. The van der Waals surface area contributed by atoms with Gasteiger partial charge in [-0.15, -0.1) is 0 Å². The summed E-state index contributed by atoms with van der Waals surface area (Å²) in [6.07, 6.45) is 6.51. The van der Waals surface area contributed by atoms with E-state index in [-0.39, 0.29) is 16.5 Å². The van der Waals surface area contributed by atoms with E-state index in [1.807, 2.05) is 36.4 Å². The molecule has 2 aromatic carbocycles. The minimum absolute atomic E-state index is 0.146. The van der Waals surface area contributed by atoms with Crippen molar-refractivity contribution in [2.24, 2.45) is 0 Å². The second-order valence-corrected chi connectivity index (χ2v) is 11.9. The third kappa shape index (κ3) is 4.34. The van der Waals surface area contributed by atoms with Gasteiger partial charge in [0.25, 0.3) is 15.6 Å². The molecule has 1 fully saturated rings. The third-order valence-electron chi connectivity index (χ3n) is 7.60. The van der Waals surface area contributed by atoms with Gasteiger partial charge >= 0.3 is 0 Å². The SMILES string of the molecule is O=c1[nH]cc(-c2ccnc3c2ccn3S(=O)(=O)c2ccccc2)cc1-c1nc2ccccc2n1C1CCNNCC1. The highest BCUT2D eigenvalue weighted by Crippen LogP contribution is 2.34. The Labute approximate surface area is 235 Å². The van der Waals surface area contributed by atoms with Crippen molar-refractivity contribution < 1.29 is 8.42 Å². The number of imidazole rings is 1. The molecule has 0 aliphatic carbocycles. The van der Waals surface area contributed by atoms with Crippen LogP contribution in [0.3, 0.4) is 0 Å². The molecular weight excluding hydrogens is 538 g/mol. The predicted octanol–water partition coefficient (Wildman–Crippen LogP) is 4.07. The van der Waals surface area contributed by atoms with E-state index in [0.29, 0.717) is 22.4 Å². The van der Waals surface area contributed by atoms with E-state index >= 15 is 0 Å². The molecule has 1 aliphatic rings. The van der Waals surface area contributed by atoms with Gasteiger partial charge in [-0.1, -0.05) is 30.3 Å². The number of aromatic nitrogens is 5. The first kappa shape index (κ1) is 25.4. The summed E-state index contributed by atoms with van der Waals surface area (Å²) in [5.41, 5.74) is 10.2. The molecule has 6 aromatic rings. The number of H-pyrrole nitrogens is 1. The standard InChI is InChI=1S/C30H27N7O3S/c38-30-25(29-35-26-8-4-5-9-27(26)37(29)21-10-15-33-34-16-11-21)18-20(19-32-30)23-12-14-31-28-24(23)13-17-36(28)41(39,40)22-6-2-1-3-7-22/h1-9,12-14,17-19,21,33-34H,10-11,15-16H2,(H,32,38). The van der Waals surface area contributed by atoms with Crippen molar-refractivity contribution in [2.75, 3.05) is 13.1 Å². The largest absolute Gasteiger partial charge is 0.328 e. The van der Waals surface area contributed by atoms with Gasteiger partial charge in [-0.25, -0.2) is 22.4 Å². The van der Waals surface area contributed by atoms with E-state index in [4.69, 9.17) is 4.98 Å². The molecule has 4 aromatic heterocycles. The van der Waals surface area contributed by atoms with Crippen molar-refractivity contribution >= 4 is 32.1 Å². The molecule has 0 bridgehead atoms. The average molecular weight is 566 g/mol. The third-order valence-corrected chi connectivity index (χ3v) is 9.28. The smallest absolute Gasteiger partial charge is 0.269 e. The molecule has 11 heteroatoms. The molecule has 1 aliphatic heterocycles. The monoisotopic (exact) mass is 565 g/mol. The lowest BCUT2D eigenvalue weighted by molar-refractivity contribution is 0.477. The minimum Gasteiger partial charge on any atom is -0.328 e. The minimum atomic E-state index is -3.84. The molecule has 0 atom stereocenters. The van der Waals surface area contributed by atoms with Crippen molar-refractivity contribution in [3.8, 4) is 22.5 Å². The molecule has 41 heavy (non-hydrogen) atoms. The summed E-state index contributed by atoms with van der Waals surface area (Å²) in [4.78, 5) is 25.7. The number of nitrogens with zero attached hydrogens (tertiary/aromatic N) is 4. The van der Waals surface area contributed by atoms with Gasteiger partial charge in [-0.05, 0) is 66.4 Å². The Morgan fingerprint density at radius 1 is 0.878 bits per heavy atom. The van der Waals surface area contributed by atoms with Crippen LogP contribution < -0.4 is 16.4 Å². The Morgan fingerprint density at radius 3 is 2.44 bits per heavy atom. The van der Waals surface area contributed by atoms with Gasteiger partial charge in [0.1, 0.15) is 5.82 Å². The van der Waals surface area contributed by atoms with Crippen molar-refractivity contribution in [1.29, 1.82) is 0 Å². The van der Waals surface area contributed by atoms with Crippen LogP contribution in [-0.4, -0.2) is 45.0 Å². The van der Waals surface area contributed by atoms with Crippen LogP contribution in [0.4, 0.5) is 0 Å². The van der Waals surface area contributed by atoms with Crippen molar-refractivity contribution in [1.82, 2.24) is 34.3 Å². The number of hydrogen-bond donors (Lipinski definition) is 3. The first-order chi connectivity index (χ1) is 20.0. The van der Waals surface area contributed by atoms with Gasteiger partial charge in [0.05, 0.1) is 21.5 Å². The Bertz CT molecular complexity index is 2050. The van der Waals surface area contributed by atoms with E-state index in [1.54, 1.807) is 48.8 Å². The number of hydrazine groups is 1. The molecule has 0 radical (unpaired) electrons. The fourth-order valence-electron chi connectivity index (χ4n) is 5.63. The van der Waals surface area contributed by atoms with Crippen molar-refractivity contribution in [3.63, 3.8) is 0 Å². The molecule has 3 N–H and O–H groups in total. The highest BCUT2D eigenvalue weighted by Gasteiger charge is 2.24.